The lowest BCUT2D eigenvalue weighted by molar-refractivity contribution is -0.141. The number of carbonyl (C=O) groups excluding carboxylic acids is 2. The summed E-state index contributed by atoms with van der Waals surface area (Å²) in [4.78, 5) is 51.8. The number of methoxy groups -OCH3 is 1. The molecule has 1 aromatic heterocycles. The van der Waals surface area contributed by atoms with Gasteiger partial charge in [0.15, 0.2) is 18.3 Å². The van der Waals surface area contributed by atoms with Gasteiger partial charge in [-0.15, -0.1) is 0 Å². The number of benzene rings is 1. The molecule has 1 fully saturated rings. The number of carboxylic acid groups (broad SMARTS) is 1. The molecule has 4 rings (SSSR count). The normalized spacial score (nSPS) is 15.3. The molecule has 1 aromatic carbocycles. The average molecular weight is 547 g/mol. The molecular formula is C25H31FN6O7. The summed E-state index contributed by atoms with van der Waals surface area (Å²) in [5.41, 5.74) is 0.154. The largest absolute Gasteiger partial charge is 0.477 e. The molecule has 0 radical (unpaired) electrons. The minimum atomic E-state index is -1.39. The molecule has 2 aliphatic rings. The Morgan fingerprint density at radius 3 is 2.59 bits per heavy atom. The van der Waals surface area contributed by atoms with Crippen LogP contribution in [-0.4, -0.2) is 91.1 Å². The second-order valence-electron chi connectivity index (χ2n) is 9.32. The van der Waals surface area contributed by atoms with Crippen LogP contribution in [0.5, 0.6) is 5.75 Å². The Balaban J connectivity index is 1.50. The van der Waals surface area contributed by atoms with Crippen molar-refractivity contribution in [2.75, 3.05) is 63.5 Å². The van der Waals surface area contributed by atoms with Gasteiger partial charge in [0.1, 0.15) is 16.8 Å². The number of hydrogen-bond acceptors (Lipinski definition) is 10. The fraction of sp³-hybridized carbons (Fsp3) is 0.440. The highest BCUT2D eigenvalue weighted by atomic mass is 19.1. The number of halogens is 1. The van der Waals surface area contributed by atoms with Crippen LogP contribution in [0.2, 0.25) is 0 Å². The minimum Gasteiger partial charge on any atom is -0.477 e. The predicted octanol–water partition coefficient (Wildman–Crippen LogP) is 0.438. The molecule has 13 nitrogen and oxygen atoms in total. The molecule has 0 saturated carbocycles. The molecule has 2 aliphatic heterocycles. The molecule has 0 aliphatic carbocycles. The Labute approximate surface area is 223 Å². The summed E-state index contributed by atoms with van der Waals surface area (Å²) in [5, 5.41) is 12.0. The SMILES string of the molecule is COC(=O)CCN(N)C(=O)C/C=C(\C)N1CCN(c2c(F)cc3c(=O)c(C(=O)O)cn4c3c2OCN4C)CC1. The van der Waals surface area contributed by atoms with Gasteiger partial charge < -0.3 is 24.4 Å². The number of hydrogen-bond donors (Lipinski definition) is 2. The molecule has 0 spiro atoms. The van der Waals surface area contributed by atoms with Gasteiger partial charge in [-0.25, -0.2) is 15.0 Å². The third-order valence-corrected chi connectivity index (χ3v) is 6.92. The van der Waals surface area contributed by atoms with Crippen molar-refractivity contribution < 1.29 is 33.4 Å². The molecule has 1 amide bonds. The number of nitrogens with zero attached hydrogens (tertiary/aromatic N) is 5. The number of pyridine rings is 1. The number of carbonyl (C=O) groups is 3. The van der Waals surface area contributed by atoms with E-state index in [0.717, 1.165) is 16.8 Å². The second-order valence-corrected chi connectivity index (χ2v) is 9.32. The number of allylic oxidation sites excluding steroid dienone is 1. The number of carboxylic acids is 1. The lowest BCUT2D eigenvalue weighted by Crippen LogP contribution is -2.46. The van der Waals surface area contributed by atoms with E-state index in [1.807, 2.05) is 11.8 Å². The van der Waals surface area contributed by atoms with Crippen LogP contribution in [0.25, 0.3) is 10.9 Å². The molecule has 39 heavy (non-hydrogen) atoms. The van der Waals surface area contributed by atoms with Crippen molar-refractivity contribution in [1.29, 1.82) is 0 Å². The monoisotopic (exact) mass is 546 g/mol. The molecule has 2 aromatic rings. The van der Waals surface area contributed by atoms with Crippen LogP contribution in [-0.2, 0) is 14.3 Å². The molecule has 210 valence electrons. The maximum absolute atomic E-state index is 15.5. The van der Waals surface area contributed by atoms with E-state index in [1.165, 1.54) is 18.0 Å². The Hall–Kier alpha value is -4.33. The van der Waals surface area contributed by atoms with Crippen LogP contribution < -0.4 is 25.9 Å². The van der Waals surface area contributed by atoms with Crippen molar-refractivity contribution in [1.82, 2.24) is 14.6 Å². The lowest BCUT2D eigenvalue weighted by Gasteiger charge is -2.39. The first-order chi connectivity index (χ1) is 18.5. The topological polar surface area (TPSA) is 151 Å². The van der Waals surface area contributed by atoms with Gasteiger partial charge in [0.05, 0.1) is 18.9 Å². The number of aromatic carboxylic acids is 1. The first-order valence-corrected chi connectivity index (χ1v) is 12.3. The van der Waals surface area contributed by atoms with Crippen LogP contribution in [0.15, 0.2) is 28.8 Å². The summed E-state index contributed by atoms with van der Waals surface area (Å²) in [6.45, 7) is 3.91. The van der Waals surface area contributed by atoms with E-state index < -0.39 is 28.7 Å². The van der Waals surface area contributed by atoms with E-state index in [0.29, 0.717) is 31.7 Å². The van der Waals surface area contributed by atoms with Crippen LogP contribution in [0.1, 0.15) is 30.1 Å². The van der Waals surface area contributed by atoms with E-state index in [-0.39, 0.29) is 48.8 Å². The minimum absolute atomic E-state index is 0.00751. The van der Waals surface area contributed by atoms with E-state index in [1.54, 1.807) is 18.1 Å². The highest BCUT2D eigenvalue weighted by Crippen LogP contribution is 2.40. The number of anilines is 1. The van der Waals surface area contributed by atoms with Gasteiger partial charge in [0.25, 0.3) is 0 Å². The Morgan fingerprint density at radius 2 is 1.95 bits per heavy atom. The first kappa shape index (κ1) is 27.7. The molecule has 3 heterocycles. The van der Waals surface area contributed by atoms with Gasteiger partial charge in [-0.3, -0.25) is 29.1 Å². The van der Waals surface area contributed by atoms with Crippen LogP contribution in [0.3, 0.4) is 0 Å². The lowest BCUT2D eigenvalue weighted by atomic mass is 10.1. The number of nitrogens with two attached hydrogens (primary N) is 1. The molecular weight excluding hydrogens is 515 g/mol. The van der Waals surface area contributed by atoms with E-state index in [2.05, 4.69) is 9.64 Å². The molecule has 0 unspecified atom stereocenters. The van der Waals surface area contributed by atoms with Crippen molar-refractivity contribution >= 4 is 34.4 Å². The zero-order valence-corrected chi connectivity index (χ0v) is 22.0. The number of amides is 1. The van der Waals surface area contributed by atoms with Gasteiger partial charge in [0, 0.05) is 58.1 Å². The van der Waals surface area contributed by atoms with Crippen molar-refractivity contribution in [2.45, 2.75) is 19.8 Å². The highest BCUT2D eigenvalue weighted by molar-refractivity contribution is 5.97. The van der Waals surface area contributed by atoms with Gasteiger partial charge in [-0.05, 0) is 13.0 Å². The van der Waals surface area contributed by atoms with Crippen LogP contribution in [0.4, 0.5) is 10.1 Å². The quantitative estimate of drug-likeness (QED) is 0.205. The average Bonchev–Trinajstić information content (AvgIpc) is 2.92. The third kappa shape index (κ3) is 5.46. The van der Waals surface area contributed by atoms with Crippen LogP contribution in [0, 0.1) is 5.82 Å². The second kappa shape index (κ2) is 11.2. The fourth-order valence-electron chi connectivity index (χ4n) is 4.67. The maximum atomic E-state index is 15.5. The smallest absolute Gasteiger partial charge is 0.341 e. The molecule has 0 atom stereocenters. The fourth-order valence-corrected chi connectivity index (χ4v) is 4.67. The van der Waals surface area contributed by atoms with E-state index >= 15 is 4.39 Å². The summed E-state index contributed by atoms with van der Waals surface area (Å²) in [7, 11) is 2.94. The zero-order chi connectivity index (χ0) is 28.4. The number of aromatic nitrogens is 1. The Kier molecular flexibility index (Phi) is 7.95. The van der Waals surface area contributed by atoms with Gasteiger partial charge in [-0.1, -0.05) is 6.08 Å². The number of esters is 1. The summed E-state index contributed by atoms with van der Waals surface area (Å²) in [5.74, 6) is 3.07. The van der Waals surface area contributed by atoms with Crippen molar-refractivity contribution in [3.8, 4) is 5.75 Å². The summed E-state index contributed by atoms with van der Waals surface area (Å²) < 4.78 is 27.4. The van der Waals surface area contributed by atoms with E-state index in [9.17, 15) is 24.3 Å². The molecule has 0 bridgehead atoms. The number of rotatable bonds is 8. The highest BCUT2D eigenvalue weighted by Gasteiger charge is 2.31. The third-order valence-electron chi connectivity index (χ3n) is 6.92. The molecule has 1 saturated heterocycles. The zero-order valence-electron chi connectivity index (χ0n) is 22.0. The number of piperazine rings is 1. The Morgan fingerprint density at radius 1 is 1.26 bits per heavy atom. The first-order valence-electron chi connectivity index (χ1n) is 12.3. The van der Waals surface area contributed by atoms with Crippen molar-refractivity contribution in [3.05, 3.63) is 45.6 Å². The van der Waals surface area contributed by atoms with E-state index in [4.69, 9.17) is 10.6 Å². The van der Waals surface area contributed by atoms with Gasteiger partial charge in [-0.2, -0.15) is 0 Å². The maximum Gasteiger partial charge on any atom is 0.341 e. The molecule has 3 N–H and O–H groups in total. The Bertz CT molecular complexity index is 1400. The summed E-state index contributed by atoms with van der Waals surface area (Å²) >= 11 is 0. The van der Waals surface area contributed by atoms with Crippen LogP contribution >= 0.6 is 0 Å². The van der Waals surface area contributed by atoms with Crippen molar-refractivity contribution in [3.63, 3.8) is 0 Å². The number of hydrazine groups is 1. The molecule has 14 heteroatoms. The predicted molar refractivity (Wildman–Crippen MR) is 139 cm³/mol. The standard InChI is InChI=1S/C25H31FN6O7/c1-15(4-5-19(33)31(27)7-6-20(34)38-3)29-8-10-30(11-9-29)22-18(26)12-16-21-24(22)39-14-28(2)32(21)13-17(23(16)35)25(36)37/h4,12-13H,5-11,14,27H2,1-3H3,(H,36,37)/b15-4+. The van der Waals surface area contributed by atoms with Crippen molar-refractivity contribution in [2.24, 2.45) is 5.84 Å². The number of ether oxygens (including phenoxy) is 2. The summed E-state index contributed by atoms with van der Waals surface area (Å²) in [6, 6.07) is 1.07. The summed E-state index contributed by atoms with van der Waals surface area (Å²) in [6.07, 6.45) is 3.05. The van der Waals surface area contributed by atoms with Gasteiger partial charge in [0.2, 0.25) is 11.3 Å². The van der Waals surface area contributed by atoms with Gasteiger partial charge >= 0.3 is 11.9 Å².